The van der Waals surface area contributed by atoms with E-state index in [9.17, 15) is 0 Å². The second-order valence-corrected chi connectivity index (χ2v) is 6.39. The highest BCUT2D eigenvalue weighted by Crippen LogP contribution is 2.27. The van der Waals surface area contributed by atoms with E-state index < -0.39 is 0 Å². The van der Waals surface area contributed by atoms with Crippen LogP contribution in [0.3, 0.4) is 0 Å². The molecule has 1 aromatic rings. The monoisotopic (exact) mass is 508 g/mol. The number of hydrogen-bond donors (Lipinski definition) is 1. The maximum absolute atomic E-state index is 5.38. The van der Waals surface area contributed by atoms with Crippen molar-refractivity contribution >= 4 is 29.9 Å². The first-order valence-electron chi connectivity index (χ1n) is 9.43. The van der Waals surface area contributed by atoms with Gasteiger partial charge in [0.15, 0.2) is 17.5 Å². The summed E-state index contributed by atoms with van der Waals surface area (Å²) in [5.41, 5.74) is 1.20. The molecule has 8 heteroatoms. The summed E-state index contributed by atoms with van der Waals surface area (Å²) in [7, 11) is 9.19. The van der Waals surface area contributed by atoms with Gasteiger partial charge in [-0.25, -0.2) is 0 Å². The summed E-state index contributed by atoms with van der Waals surface area (Å²) < 4.78 is 15.8. The van der Waals surface area contributed by atoms with E-state index in [1.807, 2.05) is 12.1 Å². The Morgan fingerprint density at radius 3 is 2.36 bits per heavy atom. The Morgan fingerprint density at radius 2 is 1.75 bits per heavy atom. The first-order valence-corrected chi connectivity index (χ1v) is 9.43. The SMILES string of the molecule is CCNC(=NCCN(C)CCOC)N(C)CCc1ccc(OC)c(OC)c1.I. The van der Waals surface area contributed by atoms with Crippen molar-refractivity contribution in [2.45, 2.75) is 13.3 Å². The van der Waals surface area contributed by atoms with Gasteiger partial charge < -0.3 is 29.3 Å². The molecule has 0 atom stereocenters. The number of likely N-dealkylation sites (N-methyl/N-ethyl adjacent to an activating group) is 2. The molecular weight excluding hydrogens is 471 g/mol. The second kappa shape index (κ2) is 15.6. The fourth-order valence-corrected chi connectivity index (χ4v) is 2.59. The molecule has 1 N–H and O–H groups in total. The summed E-state index contributed by atoms with van der Waals surface area (Å²) in [6.45, 7) is 7.11. The third kappa shape index (κ3) is 9.79. The van der Waals surface area contributed by atoms with E-state index in [-0.39, 0.29) is 24.0 Å². The topological polar surface area (TPSA) is 58.6 Å². The third-order valence-corrected chi connectivity index (χ3v) is 4.30. The Balaban J connectivity index is 0.00000729. The predicted molar refractivity (Wildman–Crippen MR) is 127 cm³/mol. The molecule has 28 heavy (non-hydrogen) atoms. The average molecular weight is 508 g/mol. The summed E-state index contributed by atoms with van der Waals surface area (Å²) >= 11 is 0. The number of nitrogens with one attached hydrogen (secondary N) is 1. The zero-order chi connectivity index (χ0) is 20.1. The lowest BCUT2D eigenvalue weighted by Gasteiger charge is -2.23. The van der Waals surface area contributed by atoms with E-state index in [1.165, 1.54) is 5.56 Å². The van der Waals surface area contributed by atoms with E-state index in [2.05, 4.69) is 42.2 Å². The van der Waals surface area contributed by atoms with Gasteiger partial charge in [0.2, 0.25) is 0 Å². The molecule has 0 aliphatic heterocycles. The number of rotatable bonds is 12. The molecule has 0 saturated heterocycles. The number of aliphatic imine (C=N–C) groups is 1. The maximum atomic E-state index is 5.38. The van der Waals surface area contributed by atoms with E-state index in [4.69, 9.17) is 19.2 Å². The number of methoxy groups -OCH3 is 3. The minimum Gasteiger partial charge on any atom is -0.493 e. The maximum Gasteiger partial charge on any atom is 0.193 e. The molecule has 0 aliphatic carbocycles. The zero-order valence-electron chi connectivity index (χ0n) is 18.2. The summed E-state index contributed by atoms with van der Waals surface area (Å²) in [5, 5.41) is 3.36. The van der Waals surface area contributed by atoms with Gasteiger partial charge in [0, 0.05) is 40.3 Å². The van der Waals surface area contributed by atoms with Crippen molar-refractivity contribution in [1.29, 1.82) is 0 Å². The average Bonchev–Trinajstić information content (AvgIpc) is 2.69. The van der Waals surface area contributed by atoms with Gasteiger partial charge >= 0.3 is 0 Å². The van der Waals surface area contributed by atoms with Crippen molar-refractivity contribution in [3.8, 4) is 11.5 Å². The highest BCUT2D eigenvalue weighted by Gasteiger charge is 2.08. The summed E-state index contributed by atoms with van der Waals surface area (Å²) in [5.74, 6) is 2.44. The molecule has 0 bridgehead atoms. The molecule has 1 aromatic carbocycles. The molecule has 1 rings (SSSR count). The Morgan fingerprint density at radius 1 is 1.04 bits per heavy atom. The Labute approximate surface area is 187 Å². The number of ether oxygens (including phenoxy) is 3. The third-order valence-electron chi connectivity index (χ3n) is 4.30. The smallest absolute Gasteiger partial charge is 0.193 e. The van der Waals surface area contributed by atoms with Gasteiger partial charge in [-0.2, -0.15) is 0 Å². The number of benzene rings is 1. The Bertz CT molecular complexity index is 572. The molecular formula is C20H37IN4O3. The predicted octanol–water partition coefficient (Wildman–Crippen LogP) is 2.34. The lowest BCUT2D eigenvalue weighted by atomic mass is 10.1. The number of halogens is 1. The van der Waals surface area contributed by atoms with Gasteiger partial charge in [-0.05, 0) is 38.1 Å². The molecule has 0 aliphatic rings. The van der Waals surface area contributed by atoms with Gasteiger partial charge in [0.25, 0.3) is 0 Å². The quantitative estimate of drug-likeness (QED) is 0.266. The summed E-state index contributed by atoms with van der Waals surface area (Å²) in [6.07, 6.45) is 0.898. The lowest BCUT2D eigenvalue weighted by molar-refractivity contribution is 0.163. The molecule has 0 fully saturated rings. The molecule has 0 spiro atoms. The van der Waals surface area contributed by atoms with Crippen molar-refractivity contribution in [3.05, 3.63) is 23.8 Å². The molecule has 162 valence electrons. The van der Waals surface area contributed by atoms with Crippen molar-refractivity contribution in [1.82, 2.24) is 15.1 Å². The highest BCUT2D eigenvalue weighted by molar-refractivity contribution is 14.0. The molecule has 0 amide bonds. The number of guanidine groups is 1. The zero-order valence-corrected chi connectivity index (χ0v) is 20.5. The molecule has 0 aromatic heterocycles. The highest BCUT2D eigenvalue weighted by atomic mass is 127. The van der Waals surface area contributed by atoms with Crippen LogP contribution < -0.4 is 14.8 Å². The number of hydrogen-bond acceptors (Lipinski definition) is 5. The van der Waals surface area contributed by atoms with Gasteiger partial charge in [-0.3, -0.25) is 4.99 Å². The molecule has 0 heterocycles. The van der Waals surface area contributed by atoms with Gasteiger partial charge in [0.05, 0.1) is 27.4 Å². The summed E-state index contributed by atoms with van der Waals surface area (Å²) in [4.78, 5) is 9.12. The lowest BCUT2D eigenvalue weighted by Crippen LogP contribution is -2.40. The largest absolute Gasteiger partial charge is 0.493 e. The van der Waals surface area contributed by atoms with E-state index in [1.54, 1.807) is 21.3 Å². The van der Waals surface area contributed by atoms with Crippen LogP contribution in [0, 0.1) is 0 Å². The van der Waals surface area contributed by atoms with Crippen molar-refractivity contribution in [3.63, 3.8) is 0 Å². The first-order chi connectivity index (χ1) is 13.0. The van der Waals surface area contributed by atoms with Crippen LogP contribution in [-0.4, -0.2) is 90.5 Å². The number of nitrogens with zero attached hydrogens (tertiary/aromatic N) is 3. The van der Waals surface area contributed by atoms with Gasteiger partial charge in [-0.1, -0.05) is 6.07 Å². The molecule has 0 radical (unpaired) electrons. The van der Waals surface area contributed by atoms with Crippen LogP contribution in [0.5, 0.6) is 11.5 Å². The normalized spacial score (nSPS) is 11.2. The minimum atomic E-state index is 0. The van der Waals surface area contributed by atoms with Gasteiger partial charge in [0.1, 0.15) is 0 Å². The first kappa shape index (κ1) is 26.7. The fourth-order valence-electron chi connectivity index (χ4n) is 2.59. The van der Waals surface area contributed by atoms with E-state index >= 15 is 0 Å². The fraction of sp³-hybridized carbons (Fsp3) is 0.650. The van der Waals surface area contributed by atoms with Gasteiger partial charge in [-0.15, -0.1) is 24.0 Å². The van der Waals surface area contributed by atoms with Crippen LogP contribution in [0.4, 0.5) is 0 Å². The van der Waals surface area contributed by atoms with Crippen molar-refractivity contribution in [2.24, 2.45) is 4.99 Å². The van der Waals surface area contributed by atoms with Crippen LogP contribution in [0.1, 0.15) is 12.5 Å². The van der Waals surface area contributed by atoms with Crippen LogP contribution >= 0.6 is 24.0 Å². The molecule has 0 saturated carbocycles. The van der Waals surface area contributed by atoms with Crippen molar-refractivity contribution < 1.29 is 14.2 Å². The van der Waals surface area contributed by atoms with Crippen LogP contribution in [0.25, 0.3) is 0 Å². The molecule has 7 nitrogen and oxygen atoms in total. The van der Waals surface area contributed by atoms with Crippen molar-refractivity contribution in [2.75, 3.05) is 74.8 Å². The van der Waals surface area contributed by atoms with Crippen LogP contribution in [-0.2, 0) is 11.2 Å². The summed E-state index contributed by atoms with van der Waals surface area (Å²) in [6, 6.07) is 6.05. The Hall–Kier alpha value is -1.26. The minimum absolute atomic E-state index is 0. The van der Waals surface area contributed by atoms with E-state index in [0.29, 0.717) is 0 Å². The Kier molecular flexibility index (Phi) is 14.9. The second-order valence-electron chi connectivity index (χ2n) is 6.39. The van der Waals surface area contributed by atoms with E-state index in [0.717, 1.165) is 63.2 Å². The standard InChI is InChI=1S/C20H36N4O3.HI/c1-7-21-20(22-11-13-23(2)14-15-25-4)24(3)12-10-17-8-9-18(26-5)19(16-17)27-6;/h8-9,16H,7,10-15H2,1-6H3,(H,21,22);1H. The van der Waals surface area contributed by atoms with Crippen LogP contribution in [0.2, 0.25) is 0 Å². The van der Waals surface area contributed by atoms with Crippen LogP contribution in [0.15, 0.2) is 23.2 Å². The molecule has 0 unspecified atom stereocenters.